The molecule has 0 spiro atoms. The molecule has 0 saturated carbocycles. The van der Waals surface area contributed by atoms with E-state index in [1.165, 1.54) is 0 Å². The van der Waals surface area contributed by atoms with Gasteiger partial charge in [0, 0.05) is 25.1 Å². The van der Waals surface area contributed by atoms with Gasteiger partial charge < -0.3 is 15.4 Å². The Bertz CT molecular complexity index is 378. The summed E-state index contributed by atoms with van der Waals surface area (Å²) in [6.45, 7) is 5.17. The van der Waals surface area contributed by atoms with Crippen molar-refractivity contribution in [3.8, 4) is 5.75 Å². The molecule has 0 saturated heterocycles. The van der Waals surface area contributed by atoms with Crippen molar-refractivity contribution < 1.29 is 9.53 Å². The molecule has 0 aliphatic heterocycles. The van der Waals surface area contributed by atoms with Crippen molar-refractivity contribution in [2.45, 2.75) is 32.9 Å². The second-order valence-electron chi connectivity index (χ2n) is 4.40. The van der Waals surface area contributed by atoms with Crippen molar-refractivity contribution in [2.24, 2.45) is 0 Å². The van der Waals surface area contributed by atoms with Crippen LogP contribution in [0.4, 0.5) is 0 Å². The van der Waals surface area contributed by atoms with Gasteiger partial charge >= 0.3 is 0 Å². The third-order valence-electron chi connectivity index (χ3n) is 2.41. The Morgan fingerprint density at radius 3 is 2.72 bits per heavy atom. The molecule has 1 aromatic rings. The second kappa shape index (κ2) is 7.71. The zero-order chi connectivity index (χ0) is 13.4. The number of ether oxygens (including phenoxy) is 1. The van der Waals surface area contributed by atoms with E-state index in [9.17, 15) is 4.79 Å². The van der Waals surface area contributed by atoms with E-state index in [1.54, 1.807) is 0 Å². The van der Waals surface area contributed by atoms with E-state index in [2.05, 4.69) is 10.6 Å². The van der Waals surface area contributed by atoms with Crippen molar-refractivity contribution in [3.63, 3.8) is 0 Å². The smallest absolute Gasteiger partial charge is 0.221 e. The van der Waals surface area contributed by atoms with E-state index in [4.69, 9.17) is 4.74 Å². The molecule has 0 aliphatic rings. The maximum atomic E-state index is 11.5. The lowest BCUT2D eigenvalue weighted by molar-refractivity contribution is -0.121. The van der Waals surface area contributed by atoms with Crippen LogP contribution in [0.1, 0.15) is 25.8 Å². The molecular formula is C14H22N2O2. The molecule has 4 heteroatoms. The Labute approximate surface area is 109 Å². The lowest BCUT2D eigenvalue weighted by Crippen LogP contribution is -2.26. The van der Waals surface area contributed by atoms with Crippen LogP contribution in [0.3, 0.4) is 0 Å². The van der Waals surface area contributed by atoms with Crippen LogP contribution in [0.25, 0.3) is 0 Å². The Morgan fingerprint density at radius 2 is 2.06 bits per heavy atom. The summed E-state index contributed by atoms with van der Waals surface area (Å²) in [5.41, 5.74) is 1.00. The highest BCUT2D eigenvalue weighted by atomic mass is 16.5. The van der Waals surface area contributed by atoms with Gasteiger partial charge in [-0.05, 0) is 27.0 Å². The molecular weight excluding hydrogens is 228 g/mol. The maximum absolute atomic E-state index is 11.5. The van der Waals surface area contributed by atoms with Gasteiger partial charge in [0.1, 0.15) is 5.75 Å². The standard InChI is InChI=1S/C14H22N2O2/c1-11(2)18-13-7-5-4-6-12(13)10-16-14(17)8-9-15-3/h4-7,11,15H,8-10H2,1-3H3,(H,16,17). The number of hydrogen-bond donors (Lipinski definition) is 2. The van der Waals surface area contributed by atoms with Gasteiger partial charge in [0.25, 0.3) is 0 Å². The molecule has 0 radical (unpaired) electrons. The summed E-state index contributed by atoms with van der Waals surface area (Å²) in [6.07, 6.45) is 0.620. The molecule has 18 heavy (non-hydrogen) atoms. The first-order chi connectivity index (χ1) is 8.63. The average Bonchev–Trinajstić information content (AvgIpc) is 2.34. The molecule has 1 amide bonds. The van der Waals surface area contributed by atoms with E-state index in [0.29, 0.717) is 19.5 Å². The monoisotopic (exact) mass is 250 g/mol. The maximum Gasteiger partial charge on any atom is 0.221 e. The van der Waals surface area contributed by atoms with Crippen LogP contribution in [0.2, 0.25) is 0 Å². The third-order valence-corrected chi connectivity index (χ3v) is 2.41. The number of benzene rings is 1. The van der Waals surface area contributed by atoms with E-state index in [-0.39, 0.29) is 12.0 Å². The SMILES string of the molecule is CNCCC(=O)NCc1ccccc1OC(C)C. The van der Waals surface area contributed by atoms with Gasteiger partial charge in [-0.1, -0.05) is 18.2 Å². The molecule has 0 bridgehead atoms. The van der Waals surface area contributed by atoms with Gasteiger partial charge in [0.05, 0.1) is 6.10 Å². The molecule has 0 heterocycles. The van der Waals surface area contributed by atoms with Crippen molar-refractivity contribution in [1.29, 1.82) is 0 Å². The van der Waals surface area contributed by atoms with Crippen LogP contribution in [0.5, 0.6) is 5.75 Å². The number of amides is 1. The van der Waals surface area contributed by atoms with E-state index in [0.717, 1.165) is 11.3 Å². The number of para-hydroxylation sites is 1. The Balaban J connectivity index is 2.53. The number of carbonyl (C=O) groups excluding carboxylic acids is 1. The molecule has 100 valence electrons. The highest BCUT2D eigenvalue weighted by Crippen LogP contribution is 2.18. The summed E-state index contributed by atoms with van der Waals surface area (Å²) in [4.78, 5) is 11.5. The molecule has 0 fully saturated rings. The minimum absolute atomic E-state index is 0.0451. The summed E-state index contributed by atoms with van der Waals surface area (Å²) >= 11 is 0. The fourth-order valence-electron chi connectivity index (χ4n) is 1.54. The van der Waals surface area contributed by atoms with Gasteiger partial charge in [-0.25, -0.2) is 0 Å². The van der Waals surface area contributed by atoms with Crippen LogP contribution in [-0.2, 0) is 11.3 Å². The molecule has 2 N–H and O–H groups in total. The van der Waals surface area contributed by atoms with Crippen molar-refractivity contribution in [1.82, 2.24) is 10.6 Å². The number of rotatable bonds is 7. The molecule has 0 aromatic heterocycles. The van der Waals surface area contributed by atoms with Gasteiger partial charge in [-0.15, -0.1) is 0 Å². The highest BCUT2D eigenvalue weighted by molar-refractivity contribution is 5.76. The van der Waals surface area contributed by atoms with E-state index < -0.39 is 0 Å². The second-order valence-corrected chi connectivity index (χ2v) is 4.40. The average molecular weight is 250 g/mol. The third kappa shape index (κ3) is 5.19. The fourth-order valence-corrected chi connectivity index (χ4v) is 1.54. The van der Waals surface area contributed by atoms with Crippen molar-refractivity contribution in [3.05, 3.63) is 29.8 Å². The van der Waals surface area contributed by atoms with Gasteiger partial charge in [0.2, 0.25) is 5.91 Å². The predicted octanol–water partition coefficient (Wildman–Crippen LogP) is 1.70. The summed E-state index contributed by atoms with van der Waals surface area (Å²) in [5.74, 6) is 0.880. The van der Waals surface area contributed by atoms with Crippen LogP contribution < -0.4 is 15.4 Å². The van der Waals surface area contributed by atoms with Gasteiger partial charge in [-0.3, -0.25) is 4.79 Å². The summed E-state index contributed by atoms with van der Waals surface area (Å²) < 4.78 is 5.70. The van der Waals surface area contributed by atoms with Crippen molar-refractivity contribution in [2.75, 3.05) is 13.6 Å². The Kier molecular flexibility index (Phi) is 6.22. The Morgan fingerprint density at radius 1 is 1.33 bits per heavy atom. The predicted molar refractivity (Wildman–Crippen MR) is 72.6 cm³/mol. The normalized spacial score (nSPS) is 10.4. The quantitative estimate of drug-likeness (QED) is 0.774. The summed E-state index contributed by atoms with van der Waals surface area (Å²) in [5, 5.41) is 5.84. The lowest BCUT2D eigenvalue weighted by atomic mass is 10.2. The van der Waals surface area contributed by atoms with Crippen LogP contribution >= 0.6 is 0 Å². The van der Waals surface area contributed by atoms with E-state index in [1.807, 2.05) is 45.2 Å². The van der Waals surface area contributed by atoms with Gasteiger partial charge in [0.15, 0.2) is 0 Å². The molecule has 4 nitrogen and oxygen atoms in total. The highest BCUT2D eigenvalue weighted by Gasteiger charge is 2.06. The minimum atomic E-state index is 0.0451. The molecule has 0 atom stereocenters. The zero-order valence-corrected chi connectivity index (χ0v) is 11.3. The fraction of sp³-hybridized carbons (Fsp3) is 0.500. The molecule has 1 aromatic carbocycles. The first-order valence-electron chi connectivity index (χ1n) is 6.29. The topological polar surface area (TPSA) is 50.4 Å². The van der Waals surface area contributed by atoms with Crippen molar-refractivity contribution >= 4 is 5.91 Å². The van der Waals surface area contributed by atoms with Crippen LogP contribution in [-0.4, -0.2) is 25.6 Å². The molecule has 1 rings (SSSR count). The van der Waals surface area contributed by atoms with Crippen LogP contribution in [0, 0.1) is 0 Å². The lowest BCUT2D eigenvalue weighted by Gasteiger charge is -2.14. The molecule has 0 aliphatic carbocycles. The first-order valence-corrected chi connectivity index (χ1v) is 6.29. The minimum Gasteiger partial charge on any atom is -0.491 e. The van der Waals surface area contributed by atoms with Gasteiger partial charge in [-0.2, -0.15) is 0 Å². The summed E-state index contributed by atoms with van der Waals surface area (Å²) in [6, 6.07) is 7.78. The number of carbonyl (C=O) groups is 1. The zero-order valence-electron chi connectivity index (χ0n) is 11.3. The number of hydrogen-bond acceptors (Lipinski definition) is 3. The summed E-state index contributed by atoms with van der Waals surface area (Å²) in [7, 11) is 1.83. The largest absolute Gasteiger partial charge is 0.491 e. The first kappa shape index (κ1) is 14.5. The molecule has 0 unspecified atom stereocenters. The van der Waals surface area contributed by atoms with E-state index >= 15 is 0 Å². The Hall–Kier alpha value is -1.55. The van der Waals surface area contributed by atoms with Crippen LogP contribution in [0.15, 0.2) is 24.3 Å². The number of nitrogens with one attached hydrogen (secondary N) is 2.